The maximum atomic E-state index is 13.8. The van der Waals surface area contributed by atoms with Gasteiger partial charge in [0.15, 0.2) is 5.56 Å². The van der Waals surface area contributed by atoms with Crippen LogP contribution in [0.2, 0.25) is 0 Å². The summed E-state index contributed by atoms with van der Waals surface area (Å²) in [5, 5.41) is 14.0. The molecule has 0 aliphatic heterocycles. The second-order valence-electron chi connectivity index (χ2n) is 5.12. The van der Waals surface area contributed by atoms with Crippen molar-refractivity contribution >= 4 is 28.5 Å². The zero-order valence-corrected chi connectivity index (χ0v) is 14.5. The van der Waals surface area contributed by atoms with E-state index in [-0.39, 0.29) is 23.0 Å². The lowest BCUT2D eigenvalue weighted by atomic mass is 10.1. The van der Waals surface area contributed by atoms with Crippen LogP contribution >= 0.6 is 11.5 Å². The molecular weight excluding hydrogens is 368 g/mol. The molecule has 0 saturated heterocycles. The van der Waals surface area contributed by atoms with E-state index in [0.717, 1.165) is 12.1 Å². The number of benzene rings is 1. The Hall–Kier alpha value is -3.01. The van der Waals surface area contributed by atoms with Crippen LogP contribution in [0, 0.1) is 18.6 Å². The van der Waals surface area contributed by atoms with Crippen molar-refractivity contribution in [3.05, 3.63) is 53.1 Å². The number of carboxylic acid groups (broad SMARTS) is 1. The molecule has 0 aliphatic carbocycles. The van der Waals surface area contributed by atoms with Crippen LogP contribution in [-0.2, 0) is 6.61 Å². The fraction of sp³-hybridized carbons (Fsp3) is 0.188. The molecule has 0 radical (unpaired) electrons. The summed E-state index contributed by atoms with van der Waals surface area (Å²) in [4.78, 5) is 23.1. The quantitative estimate of drug-likeness (QED) is 0.637. The number of anilines is 1. The van der Waals surface area contributed by atoms with Crippen LogP contribution in [0.5, 0.6) is 5.88 Å². The Morgan fingerprint density at radius 1 is 1.38 bits per heavy atom. The first-order chi connectivity index (χ1) is 12.3. The number of urea groups is 1. The van der Waals surface area contributed by atoms with Crippen molar-refractivity contribution in [2.45, 2.75) is 13.5 Å². The SMILES string of the molecule is C=CCNC(=O)Nc1snc(OCc2c(F)cc(C)cc2F)c1C(=O)O. The molecule has 26 heavy (non-hydrogen) atoms. The molecule has 0 unspecified atom stereocenters. The summed E-state index contributed by atoms with van der Waals surface area (Å²) < 4.78 is 36.7. The monoisotopic (exact) mass is 383 g/mol. The topological polar surface area (TPSA) is 101 Å². The van der Waals surface area contributed by atoms with Crippen LogP contribution < -0.4 is 15.4 Å². The molecule has 0 spiro atoms. The number of hydrogen-bond donors (Lipinski definition) is 3. The molecule has 0 saturated carbocycles. The number of nitrogens with one attached hydrogen (secondary N) is 2. The Bertz CT molecular complexity index is 831. The molecule has 138 valence electrons. The first-order valence-corrected chi connectivity index (χ1v) is 8.06. The third-order valence-electron chi connectivity index (χ3n) is 3.15. The van der Waals surface area contributed by atoms with Gasteiger partial charge in [-0.2, -0.15) is 4.37 Å². The maximum Gasteiger partial charge on any atom is 0.344 e. The minimum Gasteiger partial charge on any atom is -0.477 e. The lowest BCUT2D eigenvalue weighted by Gasteiger charge is -2.08. The van der Waals surface area contributed by atoms with Crippen LogP contribution in [0.4, 0.5) is 18.6 Å². The summed E-state index contributed by atoms with van der Waals surface area (Å²) >= 11 is 0.671. The number of ether oxygens (including phenoxy) is 1. The molecule has 2 amide bonds. The standard InChI is InChI=1S/C16H15F2N3O4S/c1-3-4-19-16(24)20-14-12(15(22)23)13(21-26-14)25-7-9-10(17)5-8(2)6-11(9)18/h3,5-6H,1,4,7H2,2H3,(H,22,23)(H2,19,20,24). The van der Waals surface area contributed by atoms with E-state index in [1.165, 1.54) is 13.0 Å². The fourth-order valence-corrected chi connectivity index (χ4v) is 2.69. The van der Waals surface area contributed by atoms with E-state index in [0.29, 0.717) is 17.1 Å². The summed E-state index contributed by atoms with van der Waals surface area (Å²) in [5.41, 5.74) is -0.351. The van der Waals surface area contributed by atoms with E-state index < -0.39 is 35.8 Å². The number of halogens is 2. The van der Waals surface area contributed by atoms with Gasteiger partial charge in [-0.25, -0.2) is 18.4 Å². The summed E-state index contributed by atoms with van der Waals surface area (Å²) in [7, 11) is 0. The van der Waals surface area contributed by atoms with Crippen molar-refractivity contribution < 1.29 is 28.2 Å². The third kappa shape index (κ3) is 4.54. The Balaban J connectivity index is 2.19. The largest absolute Gasteiger partial charge is 0.477 e. The zero-order valence-electron chi connectivity index (χ0n) is 13.6. The highest BCUT2D eigenvalue weighted by Crippen LogP contribution is 2.31. The highest BCUT2D eigenvalue weighted by atomic mass is 32.1. The molecule has 3 N–H and O–H groups in total. The van der Waals surface area contributed by atoms with Crippen LogP contribution in [-0.4, -0.2) is 28.0 Å². The van der Waals surface area contributed by atoms with Gasteiger partial charge in [0.25, 0.3) is 0 Å². The molecule has 1 aromatic carbocycles. The summed E-state index contributed by atoms with van der Waals surface area (Å²) in [6.07, 6.45) is 1.45. The Morgan fingerprint density at radius 3 is 2.62 bits per heavy atom. The summed E-state index contributed by atoms with van der Waals surface area (Å²) in [5.74, 6) is -3.37. The number of rotatable bonds is 7. The molecule has 10 heteroatoms. The molecule has 2 rings (SSSR count). The molecule has 7 nitrogen and oxygen atoms in total. The Morgan fingerprint density at radius 2 is 2.04 bits per heavy atom. The number of aromatic carboxylic acids is 1. The number of nitrogens with zero attached hydrogens (tertiary/aromatic N) is 1. The van der Waals surface area contributed by atoms with Crippen molar-refractivity contribution in [1.82, 2.24) is 9.69 Å². The van der Waals surface area contributed by atoms with Crippen molar-refractivity contribution in [3.63, 3.8) is 0 Å². The number of carbonyl (C=O) groups is 2. The van der Waals surface area contributed by atoms with Crippen molar-refractivity contribution in [3.8, 4) is 5.88 Å². The van der Waals surface area contributed by atoms with E-state index in [9.17, 15) is 23.5 Å². The maximum absolute atomic E-state index is 13.8. The lowest BCUT2D eigenvalue weighted by Crippen LogP contribution is -2.28. The summed E-state index contributed by atoms with van der Waals surface area (Å²) in [6, 6.07) is 1.62. The van der Waals surface area contributed by atoms with Crippen LogP contribution in [0.1, 0.15) is 21.5 Å². The van der Waals surface area contributed by atoms with Gasteiger partial charge in [0, 0.05) is 6.54 Å². The third-order valence-corrected chi connectivity index (χ3v) is 3.89. The van der Waals surface area contributed by atoms with E-state index in [2.05, 4.69) is 21.6 Å². The van der Waals surface area contributed by atoms with Crippen molar-refractivity contribution in [2.75, 3.05) is 11.9 Å². The molecule has 0 aliphatic rings. The second-order valence-corrected chi connectivity index (χ2v) is 5.89. The smallest absolute Gasteiger partial charge is 0.344 e. The van der Waals surface area contributed by atoms with Gasteiger partial charge in [-0.05, 0) is 36.2 Å². The highest BCUT2D eigenvalue weighted by Gasteiger charge is 2.24. The molecule has 2 aromatic rings. The van der Waals surface area contributed by atoms with Gasteiger partial charge in [0.05, 0.1) is 5.56 Å². The van der Waals surface area contributed by atoms with Gasteiger partial charge >= 0.3 is 12.0 Å². The number of hydrogen-bond acceptors (Lipinski definition) is 5. The highest BCUT2D eigenvalue weighted by molar-refractivity contribution is 7.11. The van der Waals surface area contributed by atoms with Gasteiger partial charge in [-0.1, -0.05) is 6.08 Å². The van der Waals surface area contributed by atoms with Gasteiger partial charge < -0.3 is 15.2 Å². The van der Waals surface area contributed by atoms with Crippen LogP contribution in [0.3, 0.4) is 0 Å². The summed E-state index contributed by atoms with van der Waals surface area (Å²) in [6.45, 7) is 4.60. The zero-order chi connectivity index (χ0) is 19.3. The average molecular weight is 383 g/mol. The fourth-order valence-electron chi connectivity index (χ4n) is 1.97. The first kappa shape index (κ1) is 19.3. The van der Waals surface area contributed by atoms with Crippen LogP contribution in [0.25, 0.3) is 0 Å². The Labute approximate surface area is 151 Å². The predicted octanol–water partition coefficient (Wildman–Crippen LogP) is 3.31. The molecule has 0 bridgehead atoms. The van der Waals surface area contributed by atoms with Crippen molar-refractivity contribution in [1.29, 1.82) is 0 Å². The van der Waals surface area contributed by atoms with Crippen molar-refractivity contribution in [2.24, 2.45) is 0 Å². The van der Waals surface area contributed by atoms with Crippen LogP contribution in [0.15, 0.2) is 24.8 Å². The average Bonchev–Trinajstić information content (AvgIpc) is 2.94. The van der Waals surface area contributed by atoms with Gasteiger partial charge in [0.1, 0.15) is 23.2 Å². The first-order valence-electron chi connectivity index (χ1n) is 7.29. The van der Waals surface area contributed by atoms with E-state index in [4.69, 9.17) is 4.74 Å². The van der Waals surface area contributed by atoms with E-state index in [1.54, 1.807) is 0 Å². The van der Waals surface area contributed by atoms with E-state index >= 15 is 0 Å². The molecule has 1 heterocycles. The minimum atomic E-state index is -1.40. The van der Waals surface area contributed by atoms with Gasteiger partial charge in [0.2, 0.25) is 5.88 Å². The van der Waals surface area contributed by atoms with Gasteiger partial charge in [-0.15, -0.1) is 6.58 Å². The lowest BCUT2D eigenvalue weighted by molar-refractivity contribution is 0.0693. The Kier molecular flexibility index (Phi) is 6.23. The molecular formula is C16H15F2N3O4S. The number of carbonyl (C=O) groups excluding carboxylic acids is 1. The normalized spacial score (nSPS) is 10.3. The number of aromatic nitrogens is 1. The number of carboxylic acids is 1. The number of aryl methyl sites for hydroxylation is 1. The second kappa shape index (κ2) is 8.39. The van der Waals surface area contributed by atoms with Gasteiger partial charge in [-0.3, -0.25) is 5.32 Å². The predicted molar refractivity (Wildman–Crippen MR) is 91.7 cm³/mol. The molecule has 0 fully saturated rings. The van der Waals surface area contributed by atoms with E-state index in [1.807, 2.05) is 0 Å². The number of amides is 2. The molecule has 1 aromatic heterocycles. The minimum absolute atomic E-state index is 0.0705. The molecule has 0 atom stereocenters.